The number of hydrogen-bond donors (Lipinski definition) is 1. The van der Waals surface area contributed by atoms with E-state index in [1.807, 2.05) is 0 Å². The molecular formula is C15H26N2O. The fraction of sp³-hybridized carbons (Fsp3) is 0.600. The maximum absolute atomic E-state index is 5.15. The number of rotatable bonds is 7. The van der Waals surface area contributed by atoms with Gasteiger partial charge in [0, 0.05) is 25.7 Å². The summed E-state index contributed by atoms with van der Waals surface area (Å²) in [6.45, 7) is 7.02. The van der Waals surface area contributed by atoms with Gasteiger partial charge in [-0.2, -0.15) is 0 Å². The molecule has 0 radical (unpaired) electrons. The third-order valence-electron chi connectivity index (χ3n) is 3.40. The second-order valence-electron chi connectivity index (χ2n) is 5.56. The predicted molar refractivity (Wildman–Crippen MR) is 76.6 cm³/mol. The van der Waals surface area contributed by atoms with E-state index >= 15 is 0 Å². The van der Waals surface area contributed by atoms with E-state index in [0.29, 0.717) is 6.61 Å². The summed E-state index contributed by atoms with van der Waals surface area (Å²) in [5.74, 6) is 0. The monoisotopic (exact) mass is 250 g/mol. The zero-order chi connectivity index (χ0) is 13.6. The summed E-state index contributed by atoms with van der Waals surface area (Å²) in [6.07, 6.45) is 0. The van der Waals surface area contributed by atoms with Crippen molar-refractivity contribution in [2.24, 2.45) is 0 Å². The van der Waals surface area contributed by atoms with E-state index in [0.717, 1.165) is 13.1 Å². The van der Waals surface area contributed by atoms with Crippen molar-refractivity contribution >= 4 is 0 Å². The van der Waals surface area contributed by atoms with Crippen molar-refractivity contribution in [3.63, 3.8) is 0 Å². The highest BCUT2D eigenvalue weighted by molar-refractivity contribution is 5.22. The SMILES string of the molecule is COCc1cccc(CNCC(C)(C)N(C)C)c1. The second-order valence-corrected chi connectivity index (χ2v) is 5.56. The minimum absolute atomic E-state index is 0.171. The van der Waals surface area contributed by atoms with Crippen LogP contribution in [0.1, 0.15) is 25.0 Å². The first-order valence-electron chi connectivity index (χ1n) is 6.40. The topological polar surface area (TPSA) is 24.5 Å². The standard InChI is InChI=1S/C15H26N2O/c1-15(2,17(3)4)12-16-10-13-7-6-8-14(9-13)11-18-5/h6-9,16H,10-12H2,1-5H3. The molecule has 0 bridgehead atoms. The highest BCUT2D eigenvalue weighted by Gasteiger charge is 2.19. The van der Waals surface area contributed by atoms with E-state index in [4.69, 9.17) is 4.74 Å². The van der Waals surface area contributed by atoms with Crippen LogP contribution in [-0.2, 0) is 17.9 Å². The van der Waals surface area contributed by atoms with Gasteiger partial charge in [0.25, 0.3) is 0 Å². The van der Waals surface area contributed by atoms with Crippen LogP contribution >= 0.6 is 0 Å². The van der Waals surface area contributed by atoms with Crippen LogP contribution in [0.2, 0.25) is 0 Å². The third-order valence-corrected chi connectivity index (χ3v) is 3.40. The molecule has 1 aromatic carbocycles. The van der Waals surface area contributed by atoms with Crippen LogP contribution < -0.4 is 5.32 Å². The molecular weight excluding hydrogens is 224 g/mol. The van der Waals surface area contributed by atoms with Crippen molar-refractivity contribution in [3.05, 3.63) is 35.4 Å². The Morgan fingerprint density at radius 2 is 1.89 bits per heavy atom. The number of methoxy groups -OCH3 is 1. The summed E-state index contributed by atoms with van der Waals surface area (Å²) in [4.78, 5) is 2.24. The van der Waals surface area contributed by atoms with E-state index in [1.165, 1.54) is 11.1 Å². The van der Waals surface area contributed by atoms with Gasteiger partial charge in [0.15, 0.2) is 0 Å². The Morgan fingerprint density at radius 1 is 1.22 bits per heavy atom. The largest absolute Gasteiger partial charge is 0.380 e. The summed E-state index contributed by atoms with van der Waals surface area (Å²) in [5, 5.41) is 3.51. The maximum Gasteiger partial charge on any atom is 0.0713 e. The molecule has 0 saturated carbocycles. The summed E-state index contributed by atoms with van der Waals surface area (Å²) in [6, 6.07) is 8.52. The predicted octanol–water partition coefficient (Wildman–Crippen LogP) is 2.26. The fourth-order valence-electron chi connectivity index (χ4n) is 1.67. The molecule has 3 heteroatoms. The molecule has 0 aliphatic rings. The average Bonchev–Trinajstić information content (AvgIpc) is 2.29. The van der Waals surface area contributed by atoms with E-state index in [9.17, 15) is 0 Å². The lowest BCUT2D eigenvalue weighted by molar-refractivity contribution is 0.184. The lowest BCUT2D eigenvalue weighted by Crippen LogP contribution is -2.46. The fourth-order valence-corrected chi connectivity index (χ4v) is 1.67. The molecule has 0 unspecified atom stereocenters. The van der Waals surface area contributed by atoms with Crippen LogP contribution in [0, 0.1) is 0 Å². The molecule has 0 amide bonds. The quantitative estimate of drug-likeness (QED) is 0.803. The van der Waals surface area contributed by atoms with Gasteiger partial charge in [0.05, 0.1) is 6.61 Å². The smallest absolute Gasteiger partial charge is 0.0713 e. The van der Waals surface area contributed by atoms with Crippen molar-refractivity contribution in [2.45, 2.75) is 32.5 Å². The van der Waals surface area contributed by atoms with Gasteiger partial charge in [0.2, 0.25) is 0 Å². The average molecular weight is 250 g/mol. The Bertz CT molecular complexity index is 361. The molecule has 18 heavy (non-hydrogen) atoms. The molecule has 3 nitrogen and oxygen atoms in total. The molecule has 0 aromatic heterocycles. The normalized spacial score (nSPS) is 12.1. The van der Waals surface area contributed by atoms with Gasteiger partial charge in [-0.1, -0.05) is 24.3 Å². The number of likely N-dealkylation sites (N-methyl/N-ethyl adjacent to an activating group) is 1. The van der Waals surface area contributed by atoms with Crippen molar-refractivity contribution in [2.75, 3.05) is 27.7 Å². The second kappa shape index (κ2) is 6.88. The number of nitrogens with one attached hydrogen (secondary N) is 1. The van der Waals surface area contributed by atoms with Crippen LogP contribution in [0.3, 0.4) is 0 Å². The molecule has 1 rings (SSSR count). The Hall–Kier alpha value is -0.900. The number of nitrogens with zero attached hydrogens (tertiary/aromatic N) is 1. The van der Waals surface area contributed by atoms with E-state index in [2.05, 4.69) is 62.4 Å². The minimum atomic E-state index is 0.171. The van der Waals surface area contributed by atoms with E-state index < -0.39 is 0 Å². The third kappa shape index (κ3) is 4.77. The Labute approximate surface area is 111 Å². The first-order valence-corrected chi connectivity index (χ1v) is 6.40. The van der Waals surface area contributed by atoms with Crippen LogP contribution in [0.4, 0.5) is 0 Å². The highest BCUT2D eigenvalue weighted by Crippen LogP contribution is 2.09. The summed E-state index contributed by atoms with van der Waals surface area (Å²) >= 11 is 0. The van der Waals surface area contributed by atoms with Gasteiger partial charge in [-0.15, -0.1) is 0 Å². The Kier molecular flexibility index (Phi) is 5.79. The van der Waals surface area contributed by atoms with Gasteiger partial charge in [0.1, 0.15) is 0 Å². The van der Waals surface area contributed by atoms with Gasteiger partial charge in [-0.05, 0) is 39.1 Å². The Balaban J connectivity index is 2.46. The molecule has 1 N–H and O–H groups in total. The zero-order valence-corrected chi connectivity index (χ0v) is 12.3. The molecule has 0 atom stereocenters. The van der Waals surface area contributed by atoms with Crippen LogP contribution in [-0.4, -0.2) is 38.2 Å². The van der Waals surface area contributed by atoms with Crippen molar-refractivity contribution in [3.8, 4) is 0 Å². The van der Waals surface area contributed by atoms with E-state index in [-0.39, 0.29) is 5.54 Å². The van der Waals surface area contributed by atoms with Crippen LogP contribution in [0.15, 0.2) is 24.3 Å². The number of hydrogen-bond acceptors (Lipinski definition) is 3. The first kappa shape index (κ1) is 15.2. The summed E-state index contributed by atoms with van der Waals surface area (Å²) in [7, 11) is 5.95. The minimum Gasteiger partial charge on any atom is -0.380 e. The molecule has 0 saturated heterocycles. The molecule has 0 spiro atoms. The molecule has 0 aliphatic heterocycles. The van der Waals surface area contributed by atoms with Gasteiger partial charge in [-0.3, -0.25) is 0 Å². The first-order chi connectivity index (χ1) is 8.45. The van der Waals surface area contributed by atoms with Gasteiger partial charge < -0.3 is 15.0 Å². The maximum atomic E-state index is 5.15. The van der Waals surface area contributed by atoms with Crippen molar-refractivity contribution in [1.29, 1.82) is 0 Å². The summed E-state index contributed by atoms with van der Waals surface area (Å²) < 4.78 is 5.15. The number of ether oxygens (including phenoxy) is 1. The van der Waals surface area contributed by atoms with Gasteiger partial charge in [-0.25, -0.2) is 0 Å². The zero-order valence-electron chi connectivity index (χ0n) is 12.3. The lowest BCUT2D eigenvalue weighted by atomic mass is 10.0. The van der Waals surface area contributed by atoms with Crippen molar-refractivity contribution in [1.82, 2.24) is 10.2 Å². The molecule has 1 aromatic rings. The Morgan fingerprint density at radius 3 is 2.50 bits per heavy atom. The van der Waals surface area contributed by atoms with Gasteiger partial charge >= 0.3 is 0 Å². The molecule has 0 heterocycles. The van der Waals surface area contributed by atoms with E-state index in [1.54, 1.807) is 7.11 Å². The number of benzene rings is 1. The molecule has 0 fully saturated rings. The van der Waals surface area contributed by atoms with Crippen LogP contribution in [0.5, 0.6) is 0 Å². The highest BCUT2D eigenvalue weighted by atomic mass is 16.5. The molecule has 0 aliphatic carbocycles. The molecule has 102 valence electrons. The summed E-state index contributed by atoms with van der Waals surface area (Å²) in [5.41, 5.74) is 2.70. The van der Waals surface area contributed by atoms with Crippen LogP contribution in [0.25, 0.3) is 0 Å². The van der Waals surface area contributed by atoms with Crippen molar-refractivity contribution < 1.29 is 4.74 Å². The lowest BCUT2D eigenvalue weighted by Gasteiger charge is -2.32.